The quantitative estimate of drug-likeness (QED) is 0.776. The smallest absolute Gasteiger partial charge is 0.410 e. The lowest BCUT2D eigenvalue weighted by Gasteiger charge is -2.35. The lowest BCUT2D eigenvalue weighted by Crippen LogP contribution is -2.49. The average Bonchev–Trinajstić information content (AvgIpc) is 2.87. The van der Waals surface area contributed by atoms with Crippen LogP contribution in [0.15, 0.2) is 27.1 Å². The summed E-state index contributed by atoms with van der Waals surface area (Å²) in [4.78, 5) is 20.6. The zero-order valence-corrected chi connectivity index (χ0v) is 15.8. The normalized spacial score (nSPS) is 16.6. The van der Waals surface area contributed by atoms with E-state index in [1.165, 1.54) is 0 Å². The fourth-order valence-corrected chi connectivity index (χ4v) is 2.97. The van der Waals surface area contributed by atoms with E-state index in [9.17, 15) is 4.79 Å². The largest absolute Gasteiger partial charge is 0.444 e. The number of oxazole rings is 1. The van der Waals surface area contributed by atoms with Crippen molar-refractivity contribution in [1.29, 1.82) is 0 Å². The number of fused-ring (bicyclic) bond motifs is 1. The van der Waals surface area contributed by atoms with Crippen molar-refractivity contribution in [2.45, 2.75) is 32.9 Å². The monoisotopic (exact) mass is 395 g/mol. The highest BCUT2D eigenvalue weighted by atomic mass is 79.9. The molecule has 24 heavy (non-hydrogen) atoms. The summed E-state index contributed by atoms with van der Waals surface area (Å²) >= 11 is 3.44. The van der Waals surface area contributed by atoms with E-state index in [2.05, 4.69) is 25.8 Å². The number of carbonyl (C=O) groups excluding carboxylic acids is 1. The second kappa shape index (κ2) is 6.72. The van der Waals surface area contributed by atoms with E-state index in [0.717, 1.165) is 28.7 Å². The number of hydrogen-bond acceptors (Lipinski definition) is 5. The minimum Gasteiger partial charge on any atom is -0.444 e. The molecule has 7 heteroatoms. The number of aromatic nitrogens is 1. The summed E-state index contributed by atoms with van der Waals surface area (Å²) in [5.74, 6) is 0.703. The van der Waals surface area contributed by atoms with Crippen LogP contribution in [-0.4, -0.2) is 52.7 Å². The maximum atomic E-state index is 12.1. The van der Waals surface area contributed by atoms with Gasteiger partial charge in [-0.05, 0) is 39.0 Å². The Morgan fingerprint density at radius 3 is 2.67 bits per heavy atom. The van der Waals surface area contributed by atoms with Gasteiger partial charge in [0, 0.05) is 30.7 Å². The van der Waals surface area contributed by atoms with Gasteiger partial charge in [0.15, 0.2) is 5.58 Å². The van der Waals surface area contributed by atoms with Crippen molar-refractivity contribution in [3.05, 3.63) is 28.6 Å². The molecule has 2 heterocycles. The molecule has 2 aromatic rings. The van der Waals surface area contributed by atoms with Crippen LogP contribution in [0.1, 0.15) is 26.7 Å². The van der Waals surface area contributed by atoms with Crippen LogP contribution in [0.25, 0.3) is 11.1 Å². The molecule has 0 bridgehead atoms. The van der Waals surface area contributed by atoms with Gasteiger partial charge < -0.3 is 14.1 Å². The lowest BCUT2D eigenvalue weighted by molar-refractivity contribution is 0.0133. The minimum absolute atomic E-state index is 0.242. The Labute approximate surface area is 149 Å². The van der Waals surface area contributed by atoms with Crippen molar-refractivity contribution in [1.82, 2.24) is 14.8 Å². The van der Waals surface area contributed by atoms with Gasteiger partial charge in [-0.15, -0.1) is 0 Å². The minimum atomic E-state index is -0.458. The second-order valence-corrected chi connectivity index (χ2v) is 7.88. The third-order valence-electron chi connectivity index (χ3n) is 3.78. The SMILES string of the molecule is CC(C)(C)OC(=O)N1CCN(Cc2nc3cc(Br)ccc3o2)CC1. The molecule has 6 nitrogen and oxygen atoms in total. The molecule has 0 N–H and O–H groups in total. The van der Waals surface area contributed by atoms with Crippen LogP contribution >= 0.6 is 15.9 Å². The molecule has 1 aliphatic heterocycles. The van der Waals surface area contributed by atoms with Crippen molar-refractivity contribution >= 4 is 33.1 Å². The molecule has 1 aromatic carbocycles. The summed E-state index contributed by atoms with van der Waals surface area (Å²) in [5.41, 5.74) is 1.19. The van der Waals surface area contributed by atoms with E-state index in [-0.39, 0.29) is 6.09 Å². The number of amides is 1. The highest BCUT2D eigenvalue weighted by Crippen LogP contribution is 2.21. The third-order valence-corrected chi connectivity index (χ3v) is 4.27. The predicted molar refractivity (Wildman–Crippen MR) is 94.8 cm³/mol. The molecule has 1 aliphatic rings. The van der Waals surface area contributed by atoms with Gasteiger partial charge in [-0.1, -0.05) is 15.9 Å². The van der Waals surface area contributed by atoms with Crippen LogP contribution in [-0.2, 0) is 11.3 Å². The molecular formula is C17H22BrN3O3. The molecule has 3 rings (SSSR count). The van der Waals surface area contributed by atoms with Gasteiger partial charge in [0.25, 0.3) is 0 Å². The van der Waals surface area contributed by atoms with Crippen molar-refractivity contribution < 1.29 is 13.9 Å². The van der Waals surface area contributed by atoms with Crippen LogP contribution in [0.3, 0.4) is 0 Å². The van der Waals surface area contributed by atoms with Gasteiger partial charge in [0.1, 0.15) is 11.1 Å². The lowest BCUT2D eigenvalue weighted by atomic mass is 10.2. The topological polar surface area (TPSA) is 58.8 Å². The van der Waals surface area contributed by atoms with Crippen LogP contribution in [0.2, 0.25) is 0 Å². The number of carbonyl (C=O) groups is 1. The van der Waals surface area contributed by atoms with Gasteiger partial charge in [-0.25, -0.2) is 9.78 Å². The first-order chi connectivity index (χ1) is 11.3. The number of rotatable bonds is 2. The molecule has 0 aliphatic carbocycles. The first-order valence-corrected chi connectivity index (χ1v) is 8.85. The van der Waals surface area contributed by atoms with Gasteiger partial charge in [0.2, 0.25) is 5.89 Å². The molecule has 0 unspecified atom stereocenters. The van der Waals surface area contributed by atoms with E-state index < -0.39 is 5.60 Å². The number of halogens is 1. The van der Waals surface area contributed by atoms with E-state index in [0.29, 0.717) is 25.5 Å². The summed E-state index contributed by atoms with van der Waals surface area (Å²) < 4.78 is 12.2. The van der Waals surface area contributed by atoms with Gasteiger partial charge in [0.05, 0.1) is 6.54 Å². The Balaban J connectivity index is 1.55. The third kappa shape index (κ3) is 4.27. The number of nitrogens with zero attached hydrogens (tertiary/aromatic N) is 3. The molecule has 130 valence electrons. The van der Waals surface area contributed by atoms with Crippen LogP contribution in [0.4, 0.5) is 4.79 Å². The van der Waals surface area contributed by atoms with Crippen LogP contribution < -0.4 is 0 Å². The Morgan fingerprint density at radius 2 is 2.00 bits per heavy atom. The Kier molecular flexibility index (Phi) is 4.83. The van der Waals surface area contributed by atoms with Crippen molar-refractivity contribution in [3.8, 4) is 0 Å². The van der Waals surface area contributed by atoms with Gasteiger partial charge >= 0.3 is 6.09 Å². The highest BCUT2D eigenvalue weighted by molar-refractivity contribution is 9.10. The van der Waals surface area contributed by atoms with E-state index in [1.54, 1.807) is 4.90 Å². The summed E-state index contributed by atoms with van der Waals surface area (Å²) in [6.07, 6.45) is -0.242. The zero-order valence-electron chi connectivity index (χ0n) is 14.2. The zero-order chi connectivity index (χ0) is 17.3. The molecular weight excluding hydrogens is 374 g/mol. The standard InChI is InChI=1S/C17H22BrN3O3/c1-17(2,3)24-16(22)21-8-6-20(7-9-21)11-15-19-13-10-12(18)4-5-14(13)23-15/h4-5,10H,6-9,11H2,1-3H3. The molecule has 1 amide bonds. The Hall–Kier alpha value is -1.60. The molecule has 0 atom stereocenters. The maximum absolute atomic E-state index is 12.1. The number of piperazine rings is 1. The molecule has 1 fully saturated rings. The van der Waals surface area contributed by atoms with Crippen molar-refractivity contribution in [3.63, 3.8) is 0 Å². The second-order valence-electron chi connectivity index (χ2n) is 6.96. The van der Waals surface area contributed by atoms with Crippen LogP contribution in [0.5, 0.6) is 0 Å². The fraction of sp³-hybridized carbons (Fsp3) is 0.529. The summed E-state index contributed by atoms with van der Waals surface area (Å²) in [6.45, 7) is 9.16. The number of benzene rings is 1. The van der Waals surface area contributed by atoms with E-state index in [1.807, 2.05) is 39.0 Å². The summed E-state index contributed by atoms with van der Waals surface area (Å²) in [5, 5.41) is 0. The summed E-state index contributed by atoms with van der Waals surface area (Å²) in [6, 6.07) is 5.80. The number of ether oxygens (including phenoxy) is 1. The summed E-state index contributed by atoms with van der Waals surface area (Å²) in [7, 11) is 0. The average molecular weight is 396 g/mol. The molecule has 1 saturated heterocycles. The maximum Gasteiger partial charge on any atom is 0.410 e. The first kappa shape index (κ1) is 17.2. The molecule has 1 aromatic heterocycles. The molecule has 0 radical (unpaired) electrons. The first-order valence-electron chi connectivity index (χ1n) is 8.05. The highest BCUT2D eigenvalue weighted by Gasteiger charge is 2.26. The van der Waals surface area contributed by atoms with Crippen molar-refractivity contribution in [2.75, 3.05) is 26.2 Å². The van der Waals surface area contributed by atoms with Gasteiger partial charge in [-0.3, -0.25) is 4.90 Å². The Morgan fingerprint density at radius 1 is 1.29 bits per heavy atom. The predicted octanol–water partition coefficient (Wildman–Crippen LogP) is 3.64. The Bertz CT molecular complexity index is 730. The van der Waals surface area contributed by atoms with E-state index >= 15 is 0 Å². The van der Waals surface area contributed by atoms with Gasteiger partial charge in [-0.2, -0.15) is 0 Å². The number of hydrogen-bond donors (Lipinski definition) is 0. The molecule has 0 spiro atoms. The fourth-order valence-electron chi connectivity index (χ4n) is 2.62. The molecule has 0 saturated carbocycles. The van der Waals surface area contributed by atoms with Crippen LogP contribution in [0, 0.1) is 0 Å². The van der Waals surface area contributed by atoms with E-state index in [4.69, 9.17) is 9.15 Å². The van der Waals surface area contributed by atoms with Crippen molar-refractivity contribution in [2.24, 2.45) is 0 Å².